The van der Waals surface area contributed by atoms with Crippen LogP contribution in [0.2, 0.25) is 5.15 Å². The molecule has 12 heavy (non-hydrogen) atoms. The molecule has 60 valence electrons. The lowest BCUT2D eigenvalue weighted by Gasteiger charge is -1.89. The zero-order valence-corrected chi connectivity index (χ0v) is 6.67. The maximum Gasteiger partial charge on any atom is 0.152 e. The van der Waals surface area contributed by atoms with E-state index >= 15 is 0 Å². The van der Waals surface area contributed by atoms with Crippen LogP contribution in [0.5, 0.6) is 0 Å². The smallest absolute Gasteiger partial charge is 0.152 e. The Kier molecular flexibility index (Phi) is 1.55. The number of fused-ring (bicyclic) bond motifs is 1. The summed E-state index contributed by atoms with van der Waals surface area (Å²) in [4.78, 5) is 14.5. The second-order valence-electron chi connectivity index (χ2n) is 2.25. The zero-order chi connectivity index (χ0) is 8.55. The van der Waals surface area contributed by atoms with E-state index in [0.717, 1.165) is 6.29 Å². The van der Waals surface area contributed by atoms with E-state index in [1.807, 2.05) is 0 Å². The van der Waals surface area contributed by atoms with Crippen LogP contribution in [-0.4, -0.2) is 21.5 Å². The van der Waals surface area contributed by atoms with Crippen LogP contribution in [0, 0.1) is 0 Å². The molecule has 5 heteroatoms. The summed E-state index contributed by atoms with van der Waals surface area (Å²) in [6, 6.07) is 1.59. The Morgan fingerprint density at radius 2 is 2.33 bits per heavy atom. The number of halogens is 1. The predicted octanol–water partition coefficient (Wildman–Crippen LogP) is 1.42. The van der Waals surface area contributed by atoms with Crippen molar-refractivity contribution in [2.24, 2.45) is 0 Å². The summed E-state index contributed by atoms with van der Waals surface area (Å²) in [5.74, 6) is 0. The molecule has 0 aliphatic heterocycles. The standard InChI is InChI=1S/C7H4ClN3O/c8-7-6-5(10-11-7)4(3-12)1-2-9-6/h1-3H,(H,10,11). The summed E-state index contributed by atoms with van der Waals surface area (Å²) in [5.41, 5.74) is 1.53. The Balaban J connectivity index is 2.89. The SMILES string of the molecule is O=Cc1ccnc2c(Cl)[nH]nc12. The first-order valence-corrected chi connectivity index (χ1v) is 3.64. The van der Waals surface area contributed by atoms with E-state index < -0.39 is 0 Å². The third-order valence-electron chi connectivity index (χ3n) is 1.56. The normalized spacial score (nSPS) is 10.4. The molecule has 0 bridgehead atoms. The molecule has 0 aliphatic carbocycles. The number of rotatable bonds is 1. The van der Waals surface area contributed by atoms with Gasteiger partial charge in [0.1, 0.15) is 11.0 Å². The van der Waals surface area contributed by atoms with E-state index in [1.54, 1.807) is 6.07 Å². The van der Waals surface area contributed by atoms with E-state index in [1.165, 1.54) is 6.20 Å². The Labute approximate surface area is 72.6 Å². The quantitative estimate of drug-likeness (QED) is 0.677. The molecule has 0 unspecified atom stereocenters. The Morgan fingerprint density at radius 3 is 3.08 bits per heavy atom. The first-order valence-electron chi connectivity index (χ1n) is 3.26. The van der Waals surface area contributed by atoms with Gasteiger partial charge in [0.2, 0.25) is 0 Å². The topological polar surface area (TPSA) is 58.6 Å². The molecule has 1 N–H and O–H groups in total. The number of nitrogens with one attached hydrogen (secondary N) is 1. The predicted molar refractivity (Wildman–Crippen MR) is 44.3 cm³/mol. The van der Waals surface area contributed by atoms with Crippen molar-refractivity contribution in [2.75, 3.05) is 0 Å². The van der Waals surface area contributed by atoms with E-state index in [-0.39, 0.29) is 0 Å². The first kappa shape index (κ1) is 7.24. The highest BCUT2D eigenvalue weighted by molar-refractivity contribution is 6.34. The molecular weight excluding hydrogens is 178 g/mol. The molecule has 2 heterocycles. The fourth-order valence-electron chi connectivity index (χ4n) is 1.00. The second-order valence-corrected chi connectivity index (χ2v) is 2.63. The van der Waals surface area contributed by atoms with Crippen molar-refractivity contribution in [3.8, 4) is 0 Å². The van der Waals surface area contributed by atoms with Crippen LogP contribution in [0.25, 0.3) is 11.0 Å². The number of nitrogens with zero attached hydrogens (tertiary/aromatic N) is 2. The van der Waals surface area contributed by atoms with Gasteiger partial charge in [0.15, 0.2) is 11.4 Å². The molecule has 2 rings (SSSR count). The van der Waals surface area contributed by atoms with Crippen LogP contribution >= 0.6 is 11.6 Å². The molecule has 0 saturated carbocycles. The van der Waals surface area contributed by atoms with Crippen molar-refractivity contribution in [1.82, 2.24) is 15.2 Å². The summed E-state index contributed by atoms with van der Waals surface area (Å²) in [6.45, 7) is 0. The van der Waals surface area contributed by atoms with Gasteiger partial charge in [0, 0.05) is 11.8 Å². The maximum absolute atomic E-state index is 10.5. The fraction of sp³-hybridized carbons (Fsp3) is 0. The third-order valence-corrected chi connectivity index (χ3v) is 1.82. The molecule has 0 atom stereocenters. The van der Waals surface area contributed by atoms with Gasteiger partial charge < -0.3 is 0 Å². The molecule has 4 nitrogen and oxygen atoms in total. The molecule has 0 saturated heterocycles. The van der Waals surface area contributed by atoms with E-state index in [2.05, 4.69) is 15.2 Å². The van der Waals surface area contributed by atoms with Crippen LogP contribution in [0.3, 0.4) is 0 Å². The number of hydrogen-bond donors (Lipinski definition) is 1. The summed E-state index contributed by atoms with van der Waals surface area (Å²) in [7, 11) is 0. The molecule has 2 aromatic heterocycles. The molecule has 0 spiro atoms. The van der Waals surface area contributed by atoms with Gasteiger partial charge in [-0.3, -0.25) is 14.9 Å². The van der Waals surface area contributed by atoms with E-state index in [0.29, 0.717) is 21.7 Å². The maximum atomic E-state index is 10.5. The van der Waals surface area contributed by atoms with Crippen LogP contribution in [0.4, 0.5) is 0 Å². The second kappa shape index (κ2) is 2.57. The van der Waals surface area contributed by atoms with Crippen molar-refractivity contribution in [1.29, 1.82) is 0 Å². The Morgan fingerprint density at radius 1 is 1.50 bits per heavy atom. The number of H-pyrrole nitrogens is 1. The lowest BCUT2D eigenvalue weighted by Crippen LogP contribution is -1.83. The van der Waals surface area contributed by atoms with Crippen molar-refractivity contribution in [3.05, 3.63) is 23.0 Å². The Bertz CT molecular complexity index is 437. The molecule has 0 radical (unpaired) electrons. The van der Waals surface area contributed by atoms with E-state index in [9.17, 15) is 4.79 Å². The first-order chi connectivity index (χ1) is 5.83. The average Bonchev–Trinajstić information content (AvgIpc) is 2.48. The molecular formula is C7H4ClN3O. The third kappa shape index (κ3) is 0.887. The van der Waals surface area contributed by atoms with Gasteiger partial charge in [-0.05, 0) is 6.07 Å². The number of hydrogen-bond acceptors (Lipinski definition) is 3. The summed E-state index contributed by atoms with van der Waals surface area (Å²) in [5, 5.41) is 6.74. The zero-order valence-electron chi connectivity index (χ0n) is 5.91. The van der Waals surface area contributed by atoms with Crippen LogP contribution in [0.1, 0.15) is 10.4 Å². The number of aromatic amines is 1. The molecule has 0 fully saturated rings. The minimum atomic E-state index is 0.355. The lowest BCUT2D eigenvalue weighted by atomic mass is 10.2. The van der Waals surface area contributed by atoms with Crippen molar-refractivity contribution >= 4 is 28.9 Å². The average molecular weight is 182 g/mol. The summed E-state index contributed by atoms with van der Waals surface area (Å²) >= 11 is 5.71. The number of pyridine rings is 1. The fourth-order valence-corrected chi connectivity index (χ4v) is 1.18. The van der Waals surface area contributed by atoms with Gasteiger partial charge in [-0.1, -0.05) is 11.6 Å². The highest BCUT2D eigenvalue weighted by atomic mass is 35.5. The number of aromatic nitrogens is 3. The molecule has 0 aliphatic rings. The largest absolute Gasteiger partial charge is 0.298 e. The minimum Gasteiger partial charge on any atom is -0.298 e. The van der Waals surface area contributed by atoms with Crippen LogP contribution in [-0.2, 0) is 0 Å². The van der Waals surface area contributed by atoms with Gasteiger partial charge in [0.25, 0.3) is 0 Å². The highest BCUT2D eigenvalue weighted by Crippen LogP contribution is 2.19. The van der Waals surface area contributed by atoms with Gasteiger partial charge in [0.05, 0.1) is 0 Å². The number of carbonyl (C=O) groups is 1. The van der Waals surface area contributed by atoms with Crippen molar-refractivity contribution in [2.45, 2.75) is 0 Å². The monoisotopic (exact) mass is 181 g/mol. The van der Waals surface area contributed by atoms with Crippen LogP contribution < -0.4 is 0 Å². The van der Waals surface area contributed by atoms with Crippen molar-refractivity contribution in [3.63, 3.8) is 0 Å². The Hall–Kier alpha value is -1.42. The van der Waals surface area contributed by atoms with E-state index in [4.69, 9.17) is 11.6 Å². The number of carbonyl (C=O) groups excluding carboxylic acids is 1. The minimum absolute atomic E-state index is 0.355. The number of aldehydes is 1. The van der Waals surface area contributed by atoms with Gasteiger partial charge in [-0.15, -0.1) is 0 Å². The van der Waals surface area contributed by atoms with Gasteiger partial charge >= 0.3 is 0 Å². The summed E-state index contributed by atoms with van der Waals surface area (Å²) in [6.07, 6.45) is 2.24. The summed E-state index contributed by atoms with van der Waals surface area (Å²) < 4.78 is 0. The highest BCUT2D eigenvalue weighted by Gasteiger charge is 2.07. The van der Waals surface area contributed by atoms with Crippen LogP contribution in [0.15, 0.2) is 12.3 Å². The molecule has 2 aromatic rings. The molecule has 0 amide bonds. The van der Waals surface area contributed by atoms with Gasteiger partial charge in [-0.25, -0.2) is 0 Å². The van der Waals surface area contributed by atoms with Gasteiger partial charge in [-0.2, -0.15) is 5.10 Å². The lowest BCUT2D eigenvalue weighted by molar-refractivity contribution is 0.112. The molecule has 0 aromatic carbocycles. The van der Waals surface area contributed by atoms with Crippen molar-refractivity contribution < 1.29 is 4.79 Å².